The molecule has 0 spiro atoms. The molecule has 1 fully saturated rings. The summed E-state index contributed by atoms with van der Waals surface area (Å²) in [6.45, 7) is 0.268. The van der Waals surface area contributed by atoms with Gasteiger partial charge in [0.1, 0.15) is 0 Å². The van der Waals surface area contributed by atoms with Crippen molar-refractivity contribution in [1.29, 1.82) is 0 Å². The number of aromatic nitrogens is 1. The second kappa shape index (κ2) is 4.74. The summed E-state index contributed by atoms with van der Waals surface area (Å²) in [5.74, 6) is 0.0230. The van der Waals surface area contributed by atoms with Gasteiger partial charge in [0.05, 0.1) is 16.8 Å². The van der Waals surface area contributed by atoms with E-state index in [4.69, 9.17) is 11.6 Å². The Kier molecular flexibility index (Phi) is 3.09. The van der Waals surface area contributed by atoms with Gasteiger partial charge in [0.25, 0.3) is 0 Å². The molecule has 0 radical (unpaired) electrons. The van der Waals surface area contributed by atoms with Crippen molar-refractivity contribution in [1.82, 2.24) is 10.3 Å². The van der Waals surface area contributed by atoms with Crippen LogP contribution in [0.15, 0.2) is 18.2 Å². The van der Waals surface area contributed by atoms with Crippen LogP contribution in [0.4, 0.5) is 5.13 Å². The summed E-state index contributed by atoms with van der Waals surface area (Å²) >= 11 is 7.42. The minimum Gasteiger partial charge on any atom is -0.352 e. The van der Waals surface area contributed by atoms with E-state index >= 15 is 0 Å². The molecule has 0 atom stereocenters. The molecule has 1 amide bonds. The van der Waals surface area contributed by atoms with Crippen molar-refractivity contribution in [3.05, 3.63) is 23.2 Å². The lowest BCUT2D eigenvalue weighted by atomic mass is 10.3. The maximum atomic E-state index is 11.5. The Morgan fingerprint density at radius 3 is 3.11 bits per heavy atom. The maximum absolute atomic E-state index is 11.5. The molecule has 1 aromatic carbocycles. The molecule has 94 valence electrons. The molecule has 4 nitrogen and oxygen atoms in total. The van der Waals surface area contributed by atoms with Crippen molar-refractivity contribution in [2.45, 2.75) is 18.9 Å². The predicted molar refractivity (Wildman–Crippen MR) is 74.3 cm³/mol. The van der Waals surface area contributed by atoms with Gasteiger partial charge in [-0.3, -0.25) is 4.79 Å². The highest BCUT2D eigenvalue weighted by molar-refractivity contribution is 7.22. The lowest BCUT2D eigenvalue weighted by molar-refractivity contribution is -0.119. The molecular formula is C12H12ClN3OS. The number of thiazole rings is 1. The van der Waals surface area contributed by atoms with Crippen LogP contribution in [0.5, 0.6) is 0 Å². The molecule has 2 N–H and O–H groups in total. The zero-order valence-electron chi connectivity index (χ0n) is 9.57. The third-order valence-corrected chi connectivity index (χ3v) is 3.90. The van der Waals surface area contributed by atoms with Gasteiger partial charge in [0, 0.05) is 11.1 Å². The number of hydrogen-bond donors (Lipinski definition) is 2. The van der Waals surface area contributed by atoms with Crippen LogP contribution in [-0.4, -0.2) is 23.5 Å². The smallest absolute Gasteiger partial charge is 0.239 e. The normalized spacial score (nSPS) is 14.7. The van der Waals surface area contributed by atoms with E-state index in [1.165, 1.54) is 11.3 Å². The van der Waals surface area contributed by atoms with Gasteiger partial charge in [-0.25, -0.2) is 4.98 Å². The number of amides is 1. The molecular weight excluding hydrogens is 270 g/mol. The fraction of sp³-hybridized carbons (Fsp3) is 0.333. The van der Waals surface area contributed by atoms with E-state index in [0.717, 1.165) is 28.2 Å². The number of carbonyl (C=O) groups is 1. The zero-order valence-corrected chi connectivity index (χ0v) is 11.1. The van der Waals surface area contributed by atoms with E-state index in [1.807, 2.05) is 18.2 Å². The topological polar surface area (TPSA) is 54.0 Å². The monoisotopic (exact) mass is 281 g/mol. The number of nitrogens with one attached hydrogen (secondary N) is 2. The number of fused-ring (bicyclic) bond motifs is 1. The minimum atomic E-state index is 0.0230. The van der Waals surface area contributed by atoms with Gasteiger partial charge in [-0.05, 0) is 31.0 Å². The van der Waals surface area contributed by atoms with Gasteiger partial charge < -0.3 is 10.6 Å². The number of rotatable bonds is 4. The Labute approximate surface area is 113 Å². The first-order chi connectivity index (χ1) is 8.70. The number of benzene rings is 1. The second-order valence-corrected chi connectivity index (χ2v) is 5.79. The first kappa shape index (κ1) is 11.7. The number of carbonyl (C=O) groups excluding carboxylic acids is 1. The number of anilines is 1. The van der Waals surface area contributed by atoms with Gasteiger partial charge in [-0.1, -0.05) is 22.9 Å². The van der Waals surface area contributed by atoms with Crippen LogP contribution in [0.3, 0.4) is 0 Å². The summed E-state index contributed by atoms with van der Waals surface area (Å²) in [5.41, 5.74) is 0.898. The molecule has 0 aliphatic heterocycles. The quantitative estimate of drug-likeness (QED) is 0.906. The summed E-state index contributed by atoms with van der Waals surface area (Å²) < 4.78 is 1.02. The first-order valence-electron chi connectivity index (χ1n) is 5.80. The highest BCUT2D eigenvalue weighted by Crippen LogP contribution is 2.28. The Bertz CT molecular complexity index is 594. The van der Waals surface area contributed by atoms with Gasteiger partial charge in [0.2, 0.25) is 5.91 Å². The van der Waals surface area contributed by atoms with Crippen molar-refractivity contribution in [2.24, 2.45) is 0 Å². The molecule has 1 aliphatic carbocycles. The van der Waals surface area contributed by atoms with E-state index in [0.29, 0.717) is 11.1 Å². The Balaban J connectivity index is 1.64. The lowest BCUT2D eigenvalue weighted by Crippen LogP contribution is -2.31. The molecule has 1 saturated carbocycles. The van der Waals surface area contributed by atoms with Gasteiger partial charge >= 0.3 is 0 Å². The summed E-state index contributed by atoms with van der Waals surface area (Å²) in [5, 5.41) is 7.41. The molecule has 1 heterocycles. The fourth-order valence-corrected chi connectivity index (χ4v) is 2.77. The highest BCUT2D eigenvalue weighted by atomic mass is 35.5. The first-order valence-corrected chi connectivity index (χ1v) is 6.99. The minimum absolute atomic E-state index is 0.0230. The molecule has 6 heteroatoms. The number of nitrogens with zero attached hydrogens (tertiary/aromatic N) is 1. The summed E-state index contributed by atoms with van der Waals surface area (Å²) in [4.78, 5) is 15.9. The molecule has 0 unspecified atom stereocenters. The highest BCUT2D eigenvalue weighted by Gasteiger charge is 2.22. The van der Waals surface area contributed by atoms with Crippen LogP contribution in [0, 0.1) is 0 Å². The number of halogens is 1. The van der Waals surface area contributed by atoms with E-state index in [2.05, 4.69) is 15.6 Å². The molecule has 0 saturated heterocycles. The van der Waals surface area contributed by atoms with E-state index in [9.17, 15) is 4.79 Å². The van der Waals surface area contributed by atoms with Gasteiger partial charge in [-0.15, -0.1) is 0 Å². The van der Waals surface area contributed by atoms with Crippen LogP contribution in [0.1, 0.15) is 12.8 Å². The average Bonchev–Trinajstić information content (AvgIpc) is 3.04. The summed E-state index contributed by atoms with van der Waals surface area (Å²) in [7, 11) is 0. The second-order valence-electron chi connectivity index (χ2n) is 4.33. The van der Waals surface area contributed by atoms with Crippen molar-refractivity contribution < 1.29 is 4.79 Å². The van der Waals surface area contributed by atoms with Crippen LogP contribution in [-0.2, 0) is 4.79 Å². The third kappa shape index (κ3) is 2.73. The van der Waals surface area contributed by atoms with E-state index in [-0.39, 0.29) is 12.5 Å². The maximum Gasteiger partial charge on any atom is 0.239 e. The molecule has 2 aromatic rings. The Hall–Kier alpha value is -1.33. The third-order valence-electron chi connectivity index (χ3n) is 2.69. The van der Waals surface area contributed by atoms with Gasteiger partial charge in [-0.2, -0.15) is 0 Å². The molecule has 0 bridgehead atoms. The standard InChI is InChI=1S/C12H12ClN3OS/c13-7-1-4-9-10(5-7)18-12(16-9)14-6-11(17)15-8-2-3-8/h1,4-5,8H,2-3,6H2,(H,14,16)(H,15,17). The SMILES string of the molecule is O=C(CNc1nc2ccc(Cl)cc2s1)NC1CC1. The molecule has 1 aliphatic rings. The van der Waals surface area contributed by atoms with Crippen LogP contribution < -0.4 is 10.6 Å². The van der Waals surface area contributed by atoms with Crippen LogP contribution in [0.25, 0.3) is 10.2 Å². The van der Waals surface area contributed by atoms with Crippen LogP contribution >= 0.6 is 22.9 Å². The largest absolute Gasteiger partial charge is 0.352 e. The van der Waals surface area contributed by atoms with Crippen LogP contribution in [0.2, 0.25) is 5.02 Å². The van der Waals surface area contributed by atoms with Crippen molar-refractivity contribution in [3.63, 3.8) is 0 Å². The van der Waals surface area contributed by atoms with Crippen molar-refractivity contribution in [3.8, 4) is 0 Å². The predicted octanol–water partition coefficient (Wildman–Crippen LogP) is 2.64. The lowest BCUT2D eigenvalue weighted by Gasteiger charge is -2.03. The molecule has 18 heavy (non-hydrogen) atoms. The van der Waals surface area contributed by atoms with Crippen molar-refractivity contribution >= 4 is 44.2 Å². The summed E-state index contributed by atoms with van der Waals surface area (Å²) in [6, 6.07) is 5.97. The van der Waals surface area contributed by atoms with E-state index < -0.39 is 0 Å². The summed E-state index contributed by atoms with van der Waals surface area (Å²) in [6.07, 6.45) is 2.21. The Morgan fingerprint density at radius 2 is 2.33 bits per heavy atom. The fourth-order valence-electron chi connectivity index (χ4n) is 1.64. The Morgan fingerprint density at radius 1 is 1.50 bits per heavy atom. The average molecular weight is 282 g/mol. The van der Waals surface area contributed by atoms with Gasteiger partial charge in [0.15, 0.2) is 5.13 Å². The van der Waals surface area contributed by atoms with E-state index in [1.54, 1.807) is 0 Å². The zero-order chi connectivity index (χ0) is 12.5. The van der Waals surface area contributed by atoms with Crippen molar-refractivity contribution in [2.75, 3.05) is 11.9 Å². The number of hydrogen-bond acceptors (Lipinski definition) is 4. The molecule has 1 aromatic heterocycles. The molecule has 3 rings (SSSR count).